The van der Waals surface area contributed by atoms with Crippen LogP contribution in [0, 0.1) is 0 Å². The third-order valence-electron chi connectivity index (χ3n) is 2.54. The lowest BCUT2D eigenvalue weighted by atomic mass is 9.96. The molecule has 2 nitrogen and oxygen atoms in total. The van der Waals surface area contributed by atoms with Crippen molar-refractivity contribution >= 4 is 11.5 Å². The van der Waals surface area contributed by atoms with E-state index in [4.69, 9.17) is 0 Å². The molecular weight excluding hydrogens is 219 g/mol. The van der Waals surface area contributed by atoms with Crippen molar-refractivity contribution < 1.29 is 18.0 Å². The maximum absolute atomic E-state index is 12.4. The Morgan fingerprint density at radius 1 is 1.38 bits per heavy atom. The summed E-state index contributed by atoms with van der Waals surface area (Å²) in [4.78, 5) is 11.5. The molecule has 0 aromatic heterocycles. The fraction of sp³-hybridized carbons (Fsp3) is 0.364. The summed E-state index contributed by atoms with van der Waals surface area (Å²) in [5.74, 6) is -0.116. The van der Waals surface area contributed by atoms with Crippen molar-refractivity contribution in [1.82, 2.24) is 0 Å². The Morgan fingerprint density at radius 3 is 2.69 bits per heavy atom. The molecule has 0 aliphatic carbocycles. The smallest absolute Gasteiger partial charge is 0.382 e. The van der Waals surface area contributed by atoms with E-state index in [1.54, 1.807) is 6.92 Å². The van der Waals surface area contributed by atoms with Crippen LogP contribution in [0.25, 0.3) is 0 Å². The Hall–Kier alpha value is -1.52. The zero-order chi connectivity index (χ0) is 11.9. The Balaban J connectivity index is 2.46. The highest BCUT2D eigenvalue weighted by atomic mass is 19.4. The van der Waals surface area contributed by atoms with Gasteiger partial charge in [0.25, 0.3) is 0 Å². The van der Waals surface area contributed by atoms with Crippen molar-refractivity contribution in [1.29, 1.82) is 0 Å². The minimum absolute atomic E-state index is 0.116. The van der Waals surface area contributed by atoms with Gasteiger partial charge in [0, 0.05) is 23.7 Å². The number of rotatable bonds is 0. The van der Waals surface area contributed by atoms with Gasteiger partial charge in [0.2, 0.25) is 0 Å². The van der Waals surface area contributed by atoms with Gasteiger partial charge in [-0.05, 0) is 25.1 Å². The maximum atomic E-state index is 12.4. The number of benzene rings is 1. The first-order valence-electron chi connectivity index (χ1n) is 4.89. The van der Waals surface area contributed by atoms with Gasteiger partial charge in [0.1, 0.15) is 0 Å². The van der Waals surface area contributed by atoms with E-state index >= 15 is 0 Å². The van der Waals surface area contributed by atoms with Gasteiger partial charge in [-0.25, -0.2) is 0 Å². The zero-order valence-corrected chi connectivity index (χ0v) is 8.56. The molecule has 0 bridgehead atoms. The van der Waals surface area contributed by atoms with Gasteiger partial charge < -0.3 is 5.32 Å². The lowest BCUT2D eigenvalue weighted by Gasteiger charge is -2.23. The third kappa shape index (κ3) is 1.89. The largest absolute Gasteiger partial charge is 0.416 e. The number of carbonyl (C=O) groups excluding carboxylic acids is 1. The first kappa shape index (κ1) is 11.0. The summed E-state index contributed by atoms with van der Waals surface area (Å²) in [6, 6.07) is 3.04. The molecule has 0 amide bonds. The van der Waals surface area contributed by atoms with Crippen LogP contribution in [0.5, 0.6) is 0 Å². The SMILES string of the molecule is CC1CC(=O)c2ccc(C(F)(F)F)cc2N1. The fourth-order valence-corrected chi connectivity index (χ4v) is 1.79. The molecule has 86 valence electrons. The van der Waals surface area contributed by atoms with E-state index in [1.165, 1.54) is 6.07 Å². The van der Waals surface area contributed by atoms with Crippen molar-refractivity contribution in [2.75, 3.05) is 5.32 Å². The second-order valence-corrected chi connectivity index (χ2v) is 3.93. The number of nitrogens with one attached hydrogen (secondary N) is 1. The van der Waals surface area contributed by atoms with Gasteiger partial charge in [-0.2, -0.15) is 13.2 Å². The molecule has 5 heteroatoms. The van der Waals surface area contributed by atoms with E-state index in [1.807, 2.05) is 0 Å². The first-order valence-corrected chi connectivity index (χ1v) is 4.89. The standard InChI is InChI=1S/C11H10F3NO/c1-6-4-10(16)8-3-2-7(11(12,13)14)5-9(8)15-6/h2-3,5-6,15H,4H2,1H3. The number of anilines is 1. The molecule has 1 aromatic carbocycles. The zero-order valence-electron chi connectivity index (χ0n) is 8.56. The Kier molecular flexibility index (Phi) is 2.40. The van der Waals surface area contributed by atoms with Gasteiger partial charge >= 0.3 is 6.18 Å². The molecule has 1 N–H and O–H groups in total. The number of carbonyl (C=O) groups is 1. The number of halogens is 3. The highest BCUT2D eigenvalue weighted by Crippen LogP contribution is 2.34. The second-order valence-electron chi connectivity index (χ2n) is 3.93. The topological polar surface area (TPSA) is 29.1 Å². The predicted octanol–water partition coefficient (Wildman–Crippen LogP) is 3.09. The van der Waals surface area contributed by atoms with E-state index in [0.717, 1.165) is 12.1 Å². The summed E-state index contributed by atoms with van der Waals surface area (Å²) < 4.78 is 37.3. The van der Waals surface area contributed by atoms with Crippen molar-refractivity contribution in [3.63, 3.8) is 0 Å². The monoisotopic (exact) mass is 229 g/mol. The molecule has 0 fully saturated rings. The van der Waals surface area contributed by atoms with Crippen molar-refractivity contribution in [2.24, 2.45) is 0 Å². The predicted molar refractivity (Wildman–Crippen MR) is 53.5 cm³/mol. The Morgan fingerprint density at radius 2 is 2.06 bits per heavy atom. The quantitative estimate of drug-likeness (QED) is 0.740. The molecule has 1 unspecified atom stereocenters. The lowest BCUT2D eigenvalue weighted by molar-refractivity contribution is -0.137. The number of Topliss-reactive ketones (excluding diaryl/α,β-unsaturated/α-hetero) is 1. The van der Waals surface area contributed by atoms with Gasteiger partial charge in [0.15, 0.2) is 5.78 Å². The lowest BCUT2D eigenvalue weighted by Crippen LogP contribution is -2.27. The minimum Gasteiger partial charge on any atom is -0.382 e. The molecule has 0 saturated heterocycles. The van der Waals surface area contributed by atoms with Crippen molar-refractivity contribution in [2.45, 2.75) is 25.6 Å². The van der Waals surface area contributed by atoms with E-state index in [9.17, 15) is 18.0 Å². The molecule has 1 atom stereocenters. The van der Waals surface area contributed by atoms with Crippen LogP contribution in [0.4, 0.5) is 18.9 Å². The molecule has 16 heavy (non-hydrogen) atoms. The Bertz CT molecular complexity index is 439. The number of alkyl halides is 3. The molecular formula is C11H10F3NO. The van der Waals surface area contributed by atoms with Crippen molar-refractivity contribution in [3.8, 4) is 0 Å². The van der Waals surface area contributed by atoms with Crippen LogP contribution in [-0.4, -0.2) is 11.8 Å². The summed E-state index contributed by atoms with van der Waals surface area (Å²) in [6.07, 6.45) is -4.06. The average Bonchev–Trinajstić information content (AvgIpc) is 2.15. The molecule has 1 heterocycles. The molecule has 2 rings (SSSR count). The highest BCUT2D eigenvalue weighted by molar-refractivity contribution is 6.03. The normalized spacial score (nSPS) is 20.2. The molecule has 1 aromatic rings. The van der Waals surface area contributed by atoms with Crippen LogP contribution in [-0.2, 0) is 6.18 Å². The number of hydrogen-bond donors (Lipinski definition) is 1. The van der Waals surface area contributed by atoms with Crippen LogP contribution in [0.2, 0.25) is 0 Å². The second kappa shape index (κ2) is 3.50. The molecule has 0 radical (unpaired) electrons. The highest BCUT2D eigenvalue weighted by Gasteiger charge is 2.32. The third-order valence-corrected chi connectivity index (χ3v) is 2.54. The van der Waals surface area contributed by atoms with Gasteiger partial charge in [-0.1, -0.05) is 0 Å². The summed E-state index contributed by atoms with van der Waals surface area (Å²) in [5.41, 5.74) is -0.120. The maximum Gasteiger partial charge on any atom is 0.416 e. The number of ketones is 1. The van der Waals surface area contributed by atoms with Crippen LogP contribution < -0.4 is 5.32 Å². The first-order chi connectivity index (χ1) is 7.38. The van der Waals surface area contributed by atoms with Crippen LogP contribution >= 0.6 is 0 Å². The Labute approximate surface area is 90.5 Å². The summed E-state index contributed by atoms with van der Waals surface area (Å²) in [5, 5.41) is 2.88. The van der Waals surface area contributed by atoms with Crippen LogP contribution in [0.15, 0.2) is 18.2 Å². The number of fused-ring (bicyclic) bond motifs is 1. The van der Waals surface area contributed by atoms with E-state index in [0.29, 0.717) is 12.0 Å². The van der Waals surface area contributed by atoms with Gasteiger partial charge in [-0.3, -0.25) is 4.79 Å². The van der Waals surface area contributed by atoms with Gasteiger partial charge in [-0.15, -0.1) is 0 Å². The summed E-state index contributed by atoms with van der Waals surface area (Å²) in [6.45, 7) is 1.76. The molecule has 1 aliphatic rings. The van der Waals surface area contributed by atoms with Crippen molar-refractivity contribution in [3.05, 3.63) is 29.3 Å². The summed E-state index contributed by atoms with van der Waals surface area (Å²) in [7, 11) is 0. The molecule has 1 aliphatic heterocycles. The average molecular weight is 229 g/mol. The fourth-order valence-electron chi connectivity index (χ4n) is 1.79. The summed E-state index contributed by atoms with van der Waals surface area (Å²) >= 11 is 0. The van der Waals surface area contributed by atoms with E-state index in [-0.39, 0.29) is 17.5 Å². The molecule has 0 saturated carbocycles. The van der Waals surface area contributed by atoms with E-state index < -0.39 is 11.7 Å². The van der Waals surface area contributed by atoms with Crippen LogP contribution in [0.3, 0.4) is 0 Å². The minimum atomic E-state index is -4.37. The van der Waals surface area contributed by atoms with Gasteiger partial charge in [0.05, 0.1) is 5.56 Å². The number of hydrogen-bond acceptors (Lipinski definition) is 2. The van der Waals surface area contributed by atoms with Crippen LogP contribution in [0.1, 0.15) is 29.3 Å². The van der Waals surface area contributed by atoms with E-state index in [2.05, 4.69) is 5.32 Å². The molecule has 0 spiro atoms.